The SMILES string of the molecule is CCNC(=NCCC(=O)NC1CCS(=O)(=O)C1)N1CC(C)C(C(=O)OC)C1. The van der Waals surface area contributed by atoms with Crippen molar-refractivity contribution < 1.29 is 22.7 Å². The van der Waals surface area contributed by atoms with Crippen LogP contribution in [0.4, 0.5) is 0 Å². The van der Waals surface area contributed by atoms with Gasteiger partial charge in [0.25, 0.3) is 0 Å². The predicted molar refractivity (Wildman–Crippen MR) is 102 cm³/mol. The number of methoxy groups -OCH3 is 1. The van der Waals surface area contributed by atoms with Gasteiger partial charge in [-0.2, -0.15) is 0 Å². The topological polar surface area (TPSA) is 117 Å². The molecule has 3 unspecified atom stereocenters. The minimum atomic E-state index is -3.01. The van der Waals surface area contributed by atoms with Crippen molar-refractivity contribution in [1.29, 1.82) is 0 Å². The number of esters is 1. The van der Waals surface area contributed by atoms with E-state index >= 15 is 0 Å². The summed E-state index contributed by atoms with van der Waals surface area (Å²) in [5.41, 5.74) is 0. The largest absolute Gasteiger partial charge is 0.469 e. The summed E-state index contributed by atoms with van der Waals surface area (Å²) < 4.78 is 27.8. The molecule has 2 N–H and O–H groups in total. The minimum absolute atomic E-state index is 0.0191. The maximum absolute atomic E-state index is 12.0. The number of hydrogen-bond donors (Lipinski definition) is 2. The molecule has 0 spiro atoms. The number of hydrogen-bond acceptors (Lipinski definition) is 6. The van der Waals surface area contributed by atoms with E-state index in [0.717, 1.165) is 0 Å². The monoisotopic (exact) mass is 402 g/mol. The van der Waals surface area contributed by atoms with Crippen LogP contribution in [0.3, 0.4) is 0 Å². The Balaban J connectivity index is 1.86. The van der Waals surface area contributed by atoms with Gasteiger partial charge in [0.15, 0.2) is 15.8 Å². The average Bonchev–Trinajstić information content (AvgIpc) is 3.15. The first-order valence-corrected chi connectivity index (χ1v) is 11.2. The number of aliphatic imine (C=N–C) groups is 1. The Morgan fingerprint density at radius 3 is 2.63 bits per heavy atom. The van der Waals surface area contributed by atoms with Crippen LogP contribution >= 0.6 is 0 Å². The number of sulfone groups is 1. The van der Waals surface area contributed by atoms with E-state index in [0.29, 0.717) is 38.6 Å². The van der Waals surface area contributed by atoms with Gasteiger partial charge in [0, 0.05) is 32.1 Å². The second kappa shape index (κ2) is 9.38. The number of ether oxygens (including phenoxy) is 1. The highest BCUT2D eigenvalue weighted by atomic mass is 32.2. The second-order valence-electron chi connectivity index (χ2n) is 7.17. The molecule has 0 radical (unpaired) electrons. The van der Waals surface area contributed by atoms with Crippen LogP contribution in [0.1, 0.15) is 26.7 Å². The number of nitrogens with zero attached hydrogens (tertiary/aromatic N) is 2. The highest BCUT2D eigenvalue weighted by molar-refractivity contribution is 7.91. The van der Waals surface area contributed by atoms with E-state index < -0.39 is 9.84 Å². The second-order valence-corrected chi connectivity index (χ2v) is 9.39. The molecule has 2 rings (SSSR count). The third-order valence-electron chi connectivity index (χ3n) is 4.95. The first-order chi connectivity index (χ1) is 12.8. The number of carbonyl (C=O) groups is 2. The number of likely N-dealkylation sites (tertiary alicyclic amines) is 1. The predicted octanol–water partition coefficient (Wildman–Crippen LogP) is -0.614. The van der Waals surface area contributed by atoms with Crippen molar-refractivity contribution in [3.05, 3.63) is 0 Å². The first kappa shape index (κ1) is 21.5. The lowest BCUT2D eigenvalue weighted by Gasteiger charge is -2.21. The highest BCUT2D eigenvalue weighted by Crippen LogP contribution is 2.24. The zero-order chi connectivity index (χ0) is 20.0. The number of nitrogens with one attached hydrogen (secondary N) is 2. The molecule has 2 fully saturated rings. The number of rotatable bonds is 6. The zero-order valence-electron chi connectivity index (χ0n) is 16.2. The molecule has 2 saturated heterocycles. The van der Waals surface area contributed by atoms with Crippen LogP contribution in [0.2, 0.25) is 0 Å². The molecular weight excluding hydrogens is 372 g/mol. The molecule has 2 aliphatic heterocycles. The van der Waals surface area contributed by atoms with Crippen LogP contribution in [0.25, 0.3) is 0 Å². The summed E-state index contributed by atoms with van der Waals surface area (Å²) in [6, 6.07) is -0.292. The molecule has 0 aromatic carbocycles. The average molecular weight is 403 g/mol. The van der Waals surface area contributed by atoms with Gasteiger partial charge < -0.3 is 20.3 Å². The van der Waals surface area contributed by atoms with Crippen LogP contribution in [-0.4, -0.2) is 82.0 Å². The highest BCUT2D eigenvalue weighted by Gasteiger charge is 2.36. The number of carbonyl (C=O) groups excluding carboxylic acids is 2. The molecule has 0 aliphatic carbocycles. The third-order valence-corrected chi connectivity index (χ3v) is 6.72. The molecular formula is C17H30N4O5S. The fraction of sp³-hybridized carbons (Fsp3) is 0.824. The summed E-state index contributed by atoms with van der Waals surface area (Å²) in [6.07, 6.45) is 0.663. The van der Waals surface area contributed by atoms with E-state index in [9.17, 15) is 18.0 Å². The Bertz CT molecular complexity index is 679. The molecule has 10 heteroatoms. The molecule has 154 valence electrons. The first-order valence-electron chi connectivity index (χ1n) is 9.36. The lowest BCUT2D eigenvalue weighted by atomic mass is 9.99. The number of guanidine groups is 1. The molecule has 2 aliphatic rings. The summed E-state index contributed by atoms with van der Waals surface area (Å²) in [6.45, 7) is 6.16. The van der Waals surface area contributed by atoms with Crippen molar-refractivity contribution in [2.45, 2.75) is 32.7 Å². The summed E-state index contributed by atoms with van der Waals surface area (Å²) >= 11 is 0. The van der Waals surface area contributed by atoms with Crippen molar-refractivity contribution in [1.82, 2.24) is 15.5 Å². The molecule has 1 amide bonds. The third kappa shape index (κ3) is 6.08. The lowest BCUT2D eigenvalue weighted by Crippen LogP contribution is -2.41. The van der Waals surface area contributed by atoms with Gasteiger partial charge in [-0.25, -0.2) is 8.42 Å². The standard InChI is InChI=1S/C17H30N4O5S/c1-4-18-17(21-9-12(2)14(10-21)16(23)26-3)19-7-5-15(22)20-13-6-8-27(24,25)11-13/h12-14H,4-11H2,1-3H3,(H,18,19)(H,20,22). The quantitative estimate of drug-likeness (QED) is 0.346. The molecule has 2 heterocycles. The molecule has 0 aromatic rings. The van der Waals surface area contributed by atoms with Gasteiger partial charge in [-0.15, -0.1) is 0 Å². The van der Waals surface area contributed by atoms with Crippen LogP contribution in [0.5, 0.6) is 0 Å². The normalized spacial score (nSPS) is 27.4. The van der Waals surface area contributed by atoms with Crippen molar-refractivity contribution in [3.8, 4) is 0 Å². The Morgan fingerprint density at radius 1 is 1.30 bits per heavy atom. The van der Waals surface area contributed by atoms with Gasteiger partial charge in [-0.3, -0.25) is 14.6 Å². The van der Waals surface area contributed by atoms with Crippen LogP contribution < -0.4 is 10.6 Å². The molecule has 9 nitrogen and oxygen atoms in total. The van der Waals surface area contributed by atoms with Crippen LogP contribution in [-0.2, 0) is 24.2 Å². The van der Waals surface area contributed by atoms with Crippen LogP contribution in [0, 0.1) is 11.8 Å². The molecule has 3 atom stereocenters. The van der Waals surface area contributed by atoms with Gasteiger partial charge in [0.1, 0.15) is 0 Å². The van der Waals surface area contributed by atoms with E-state index in [4.69, 9.17) is 4.74 Å². The van der Waals surface area contributed by atoms with Gasteiger partial charge >= 0.3 is 5.97 Å². The fourth-order valence-corrected chi connectivity index (χ4v) is 5.17. The maximum Gasteiger partial charge on any atom is 0.310 e. The Morgan fingerprint density at radius 2 is 2.04 bits per heavy atom. The van der Waals surface area contributed by atoms with Crippen molar-refractivity contribution in [2.75, 3.05) is 44.8 Å². The summed E-state index contributed by atoms with van der Waals surface area (Å²) in [4.78, 5) is 30.4. The van der Waals surface area contributed by atoms with Crippen molar-refractivity contribution in [3.63, 3.8) is 0 Å². The van der Waals surface area contributed by atoms with Crippen molar-refractivity contribution >= 4 is 27.7 Å². The van der Waals surface area contributed by atoms with E-state index in [2.05, 4.69) is 15.6 Å². The summed E-state index contributed by atoms with van der Waals surface area (Å²) in [7, 11) is -1.62. The summed E-state index contributed by atoms with van der Waals surface area (Å²) in [5, 5.41) is 5.96. The van der Waals surface area contributed by atoms with E-state index in [1.54, 1.807) is 0 Å². The Kier molecular flexibility index (Phi) is 7.46. The fourth-order valence-electron chi connectivity index (χ4n) is 3.50. The lowest BCUT2D eigenvalue weighted by molar-refractivity contribution is -0.146. The van der Waals surface area contributed by atoms with E-state index in [1.807, 2.05) is 18.7 Å². The summed E-state index contributed by atoms with van der Waals surface area (Å²) in [5.74, 6) is 0.387. The molecule has 27 heavy (non-hydrogen) atoms. The van der Waals surface area contributed by atoms with Crippen molar-refractivity contribution in [2.24, 2.45) is 16.8 Å². The minimum Gasteiger partial charge on any atom is -0.469 e. The smallest absolute Gasteiger partial charge is 0.310 e. The van der Waals surface area contributed by atoms with Crippen LogP contribution in [0.15, 0.2) is 4.99 Å². The maximum atomic E-state index is 12.0. The van der Waals surface area contributed by atoms with Gasteiger partial charge in [0.05, 0.1) is 31.1 Å². The van der Waals surface area contributed by atoms with Gasteiger partial charge in [0.2, 0.25) is 5.91 Å². The van der Waals surface area contributed by atoms with E-state index in [1.165, 1.54) is 7.11 Å². The van der Waals surface area contributed by atoms with E-state index in [-0.39, 0.29) is 47.7 Å². The molecule has 0 saturated carbocycles. The number of amides is 1. The van der Waals surface area contributed by atoms with Gasteiger partial charge in [-0.1, -0.05) is 6.92 Å². The molecule has 0 aromatic heterocycles. The Hall–Kier alpha value is -1.84. The molecule has 0 bridgehead atoms. The van der Waals surface area contributed by atoms with Gasteiger partial charge in [-0.05, 0) is 19.3 Å². The Labute approximate surface area is 160 Å². The zero-order valence-corrected chi connectivity index (χ0v) is 17.0.